The Morgan fingerprint density at radius 2 is 2.00 bits per heavy atom. The van der Waals surface area contributed by atoms with E-state index in [1.54, 1.807) is 11.0 Å². The topological polar surface area (TPSA) is 65.8 Å². The van der Waals surface area contributed by atoms with Crippen molar-refractivity contribution in [2.45, 2.75) is 25.8 Å². The fraction of sp³-hybridized carbons (Fsp3) is 0.600. The minimum absolute atomic E-state index is 0.0784. The van der Waals surface area contributed by atoms with Crippen molar-refractivity contribution in [3.05, 3.63) is 22.1 Å². The lowest BCUT2D eigenvalue weighted by Gasteiger charge is -2.33. The molecule has 120 valence electrons. The van der Waals surface area contributed by atoms with Crippen molar-refractivity contribution in [3.8, 4) is 0 Å². The molecule has 0 radical (unpaired) electrons. The predicted molar refractivity (Wildman–Crippen MR) is 84.7 cm³/mol. The first-order chi connectivity index (χ1) is 10.5. The summed E-state index contributed by atoms with van der Waals surface area (Å²) in [4.78, 5) is 28.1. The summed E-state index contributed by atoms with van der Waals surface area (Å²) in [5, 5.41) is 2.99. The highest BCUT2D eigenvalue weighted by molar-refractivity contribution is 9.10. The molecule has 0 aromatic carbocycles. The molecule has 1 aromatic heterocycles. The molecule has 1 N–H and O–H groups in total. The van der Waals surface area contributed by atoms with Crippen molar-refractivity contribution in [1.82, 2.24) is 15.1 Å². The minimum atomic E-state index is -0.0784. The highest BCUT2D eigenvalue weighted by atomic mass is 79.9. The Bertz CT molecular complexity index is 575. The fourth-order valence-electron chi connectivity index (χ4n) is 2.61. The third kappa shape index (κ3) is 3.70. The first kappa shape index (κ1) is 15.6. The second-order valence-corrected chi connectivity index (χ2v) is 6.75. The Labute approximate surface area is 137 Å². The summed E-state index contributed by atoms with van der Waals surface area (Å²) in [6.45, 7) is 4.94. The van der Waals surface area contributed by atoms with E-state index in [0.717, 1.165) is 18.4 Å². The van der Waals surface area contributed by atoms with Crippen LogP contribution in [0.25, 0.3) is 0 Å². The molecule has 2 fully saturated rings. The van der Waals surface area contributed by atoms with Gasteiger partial charge < -0.3 is 14.6 Å². The number of amides is 2. The smallest absolute Gasteiger partial charge is 0.289 e. The summed E-state index contributed by atoms with van der Waals surface area (Å²) >= 11 is 3.25. The Balaban J connectivity index is 1.49. The molecule has 1 aliphatic heterocycles. The molecule has 1 saturated carbocycles. The van der Waals surface area contributed by atoms with E-state index in [2.05, 4.69) is 26.1 Å². The number of carbonyl (C=O) groups is 2. The molecule has 1 aliphatic carbocycles. The maximum Gasteiger partial charge on any atom is 0.289 e. The standard InChI is InChI=1S/C15H20BrN3O3/c1-10-8-12(16)22-14(10)15(21)19-6-4-18(5-7-19)9-13(20)17-11-2-3-11/h8,11H,2-7,9H2,1H3,(H,17,20). The van der Waals surface area contributed by atoms with Crippen molar-refractivity contribution in [2.24, 2.45) is 0 Å². The largest absolute Gasteiger partial charge is 0.444 e. The first-order valence-corrected chi connectivity index (χ1v) is 8.39. The van der Waals surface area contributed by atoms with E-state index in [-0.39, 0.29) is 11.8 Å². The van der Waals surface area contributed by atoms with E-state index in [4.69, 9.17) is 4.42 Å². The number of rotatable bonds is 4. The third-order valence-electron chi connectivity index (χ3n) is 4.05. The number of aryl methyl sites for hydroxylation is 1. The van der Waals surface area contributed by atoms with Gasteiger partial charge in [0.25, 0.3) is 5.91 Å². The molecule has 6 nitrogen and oxygen atoms in total. The molecule has 22 heavy (non-hydrogen) atoms. The van der Waals surface area contributed by atoms with Gasteiger partial charge in [0.15, 0.2) is 10.4 Å². The van der Waals surface area contributed by atoms with Crippen LogP contribution < -0.4 is 5.32 Å². The van der Waals surface area contributed by atoms with Crippen LogP contribution >= 0.6 is 15.9 Å². The zero-order valence-electron chi connectivity index (χ0n) is 12.6. The number of nitrogens with zero attached hydrogens (tertiary/aromatic N) is 2. The predicted octanol–water partition coefficient (Wildman–Crippen LogP) is 1.39. The normalized spacial score (nSPS) is 19.3. The minimum Gasteiger partial charge on any atom is -0.444 e. The lowest BCUT2D eigenvalue weighted by molar-refractivity contribution is -0.122. The van der Waals surface area contributed by atoms with E-state index in [1.165, 1.54) is 0 Å². The van der Waals surface area contributed by atoms with Gasteiger partial charge in [-0.15, -0.1) is 0 Å². The van der Waals surface area contributed by atoms with Gasteiger partial charge in [0.1, 0.15) is 0 Å². The molecule has 2 aliphatic rings. The van der Waals surface area contributed by atoms with Gasteiger partial charge in [0.2, 0.25) is 5.91 Å². The molecule has 1 saturated heterocycles. The van der Waals surface area contributed by atoms with Crippen molar-refractivity contribution >= 4 is 27.7 Å². The highest BCUT2D eigenvalue weighted by Crippen LogP contribution is 2.21. The van der Waals surface area contributed by atoms with Crippen LogP contribution in [0, 0.1) is 6.92 Å². The molecule has 2 heterocycles. The van der Waals surface area contributed by atoms with Crippen LogP contribution in [-0.2, 0) is 4.79 Å². The van der Waals surface area contributed by atoms with Crippen molar-refractivity contribution in [1.29, 1.82) is 0 Å². The van der Waals surface area contributed by atoms with E-state index in [9.17, 15) is 9.59 Å². The third-order valence-corrected chi connectivity index (χ3v) is 4.44. The molecule has 0 atom stereocenters. The molecule has 0 spiro atoms. The summed E-state index contributed by atoms with van der Waals surface area (Å²) in [6, 6.07) is 2.20. The van der Waals surface area contributed by atoms with Crippen LogP contribution in [0.15, 0.2) is 15.2 Å². The van der Waals surface area contributed by atoms with Crippen LogP contribution in [0.3, 0.4) is 0 Å². The van der Waals surface area contributed by atoms with Gasteiger partial charge in [-0.25, -0.2) is 0 Å². The van der Waals surface area contributed by atoms with Gasteiger partial charge in [-0.2, -0.15) is 0 Å². The number of nitrogens with one attached hydrogen (secondary N) is 1. The first-order valence-electron chi connectivity index (χ1n) is 7.60. The number of carbonyl (C=O) groups excluding carboxylic acids is 2. The number of piperazine rings is 1. The van der Waals surface area contributed by atoms with E-state index in [1.807, 2.05) is 6.92 Å². The van der Waals surface area contributed by atoms with Gasteiger partial charge in [0.05, 0.1) is 6.54 Å². The van der Waals surface area contributed by atoms with Gasteiger partial charge >= 0.3 is 0 Å². The molecule has 1 aromatic rings. The molecule has 3 rings (SSSR count). The van der Waals surface area contributed by atoms with Crippen LogP contribution in [0.5, 0.6) is 0 Å². The lowest BCUT2D eigenvalue weighted by Crippen LogP contribution is -2.51. The SMILES string of the molecule is Cc1cc(Br)oc1C(=O)N1CCN(CC(=O)NC2CC2)CC1. The molecular formula is C15H20BrN3O3. The summed E-state index contributed by atoms with van der Waals surface area (Å²) < 4.78 is 5.99. The molecular weight excluding hydrogens is 350 g/mol. The molecule has 0 bridgehead atoms. The van der Waals surface area contributed by atoms with E-state index < -0.39 is 0 Å². The Kier molecular flexibility index (Phi) is 4.54. The fourth-order valence-corrected chi connectivity index (χ4v) is 3.12. The number of halogens is 1. The summed E-state index contributed by atoms with van der Waals surface area (Å²) in [5.41, 5.74) is 0.836. The summed E-state index contributed by atoms with van der Waals surface area (Å²) in [6.07, 6.45) is 2.21. The second-order valence-electron chi connectivity index (χ2n) is 5.97. The molecule has 2 amide bonds. The summed E-state index contributed by atoms with van der Waals surface area (Å²) in [7, 11) is 0. The van der Waals surface area contributed by atoms with Crippen LogP contribution in [0.2, 0.25) is 0 Å². The summed E-state index contributed by atoms with van der Waals surface area (Å²) in [5.74, 6) is 0.408. The van der Waals surface area contributed by atoms with Gasteiger partial charge in [-0.1, -0.05) is 0 Å². The maximum atomic E-state index is 12.4. The van der Waals surface area contributed by atoms with Crippen LogP contribution in [-0.4, -0.2) is 60.4 Å². The van der Waals surface area contributed by atoms with E-state index >= 15 is 0 Å². The van der Waals surface area contributed by atoms with Gasteiger partial charge in [-0.05, 0) is 41.8 Å². The van der Waals surface area contributed by atoms with Crippen LogP contribution in [0.1, 0.15) is 29.0 Å². The zero-order valence-corrected chi connectivity index (χ0v) is 14.2. The Hall–Kier alpha value is -1.34. The number of hydrogen-bond donors (Lipinski definition) is 1. The maximum absolute atomic E-state index is 12.4. The van der Waals surface area contributed by atoms with Crippen molar-refractivity contribution in [3.63, 3.8) is 0 Å². The average Bonchev–Trinajstić information content (AvgIpc) is 3.22. The van der Waals surface area contributed by atoms with Crippen molar-refractivity contribution < 1.29 is 14.0 Å². The van der Waals surface area contributed by atoms with Gasteiger partial charge in [-0.3, -0.25) is 14.5 Å². The Morgan fingerprint density at radius 3 is 2.55 bits per heavy atom. The Morgan fingerprint density at radius 1 is 1.32 bits per heavy atom. The van der Waals surface area contributed by atoms with Gasteiger partial charge in [0, 0.05) is 37.8 Å². The number of hydrogen-bond acceptors (Lipinski definition) is 4. The number of furan rings is 1. The highest BCUT2D eigenvalue weighted by Gasteiger charge is 2.28. The zero-order chi connectivity index (χ0) is 15.7. The second kappa shape index (κ2) is 6.42. The monoisotopic (exact) mass is 369 g/mol. The molecule has 0 unspecified atom stereocenters. The quantitative estimate of drug-likeness (QED) is 0.870. The lowest BCUT2D eigenvalue weighted by atomic mass is 10.2. The van der Waals surface area contributed by atoms with Crippen molar-refractivity contribution in [2.75, 3.05) is 32.7 Å². The van der Waals surface area contributed by atoms with Crippen LogP contribution in [0.4, 0.5) is 0 Å². The average molecular weight is 370 g/mol. The van der Waals surface area contributed by atoms with E-state index in [0.29, 0.717) is 49.2 Å². The molecule has 7 heteroatoms.